The number of benzene rings is 1. The van der Waals surface area contributed by atoms with Crippen molar-refractivity contribution in [2.24, 2.45) is 0 Å². The number of oxazole rings is 1. The first-order valence-corrected chi connectivity index (χ1v) is 5.76. The van der Waals surface area contributed by atoms with Crippen molar-refractivity contribution < 1.29 is 23.6 Å². The summed E-state index contributed by atoms with van der Waals surface area (Å²) in [6, 6.07) is 6.13. The predicted molar refractivity (Wildman–Crippen MR) is 67.2 cm³/mol. The highest BCUT2D eigenvalue weighted by Crippen LogP contribution is 2.25. The van der Waals surface area contributed by atoms with Crippen molar-refractivity contribution in [1.29, 1.82) is 0 Å². The van der Waals surface area contributed by atoms with Crippen LogP contribution in [0.2, 0.25) is 0 Å². The van der Waals surface area contributed by atoms with Crippen molar-refractivity contribution >= 4 is 17.1 Å². The van der Waals surface area contributed by atoms with Crippen molar-refractivity contribution in [3.63, 3.8) is 0 Å². The van der Waals surface area contributed by atoms with Gasteiger partial charge in [0.1, 0.15) is 12.1 Å². The van der Waals surface area contributed by atoms with E-state index in [0.29, 0.717) is 29.2 Å². The van der Waals surface area contributed by atoms with E-state index in [1.165, 1.54) is 12.1 Å². The summed E-state index contributed by atoms with van der Waals surface area (Å²) < 4.78 is 15.5. The lowest BCUT2D eigenvalue weighted by Gasteiger charge is -1.91. The van der Waals surface area contributed by atoms with Gasteiger partial charge in [-0.25, -0.2) is 9.78 Å². The smallest absolute Gasteiger partial charge is 0.335 e. The normalized spacial score (nSPS) is 11.1. The largest absolute Gasteiger partial charge is 0.478 e. The van der Waals surface area contributed by atoms with Gasteiger partial charge in [-0.1, -0.05) is 5.16 Å². The molecular weight excluding hydrogens is 264 g/mol. The van der Waals surface area contributed by atoms with E-state index in [-0.39, 0.29) is 11.5 Å². The van der Waals surface area contributed by atoms with Gasteiger partial charge in [0.15, 0.2) is 17.0 Å². The molecule has 1 N–H and O–H groups in total. The Balaban J connectivity index is 2.01. The number of fused-ring (bicyclic) bond motifs is 1. The number of carboxylic acids is 1. The van der Waals surface area contributed by atoms with Gasteiger partial charge in [-0.15, -0.1) is 0 Å². The van der Waals surface area contributed by atoms with E-state index in [1.54, 1.807) is 19.2 Å². The third-order valence-electron chi connectivity index (χ3n) is 2.70. The van der Waals surface area contributed by atoms with Gasteiger partial charge in [0.2, 0.25) is 5.89 Å². The molecular formula is C13H10N2O5. The Morgan fingerprint density at radius 3 is 3.00 bits per heavy atom. The molecule has 0 atom stereocenters. The second kappa shape index (κ2) is 4.78. The maximum atomic E-state index is 10.9. The summed E-state index contributed by atoms with van der Waals surface area (Å²) in [4.78, 5) is 15.1. The van der Waals surface area contributed by atoms with E-state index in [0.717, 1.165) is 0 Å². The van der Waals surface area contributed by atoms with Gasteiger partial charge in [0, 0.05) is 13.2 Å². The molecule has 3 aromatic rings. The molecule has 2 aromatic heterocycles. The second-order valence-corrected chi connectivity index (χ2v) is 4.12. The van der Waals surface area contributed by atoms with Crippen LogP contribution in [-0.2, 0) is 11.3 Å². The highest BCUT2D eigenvalue weighted by Gasteiger charge is 2.14. The van der Waals surface area contributed by atoms with Crippen LogP contribution in [0.3, 0.4) is 0 Å². The van der Waals surface area contributed by atoms with Crippen LogP contribution in [0.5, 0.6) is 0 Å². The van der Waals surface area contributed by atoms with E-state index < -0.39 is 5.97 Å². The van der Waals surface area contributed by atoms with E-state index in [1.807, 2.05) is 0 Å². The molecule has 7 heteroatoms. The first kappa shape index (κ1) is 12.4. The summed E-state index contributed by atoms with van der Waals surface area (Å²) in [5, 5.41) is 12.8. The van der Waals surface area contributed by atoms with E-state index in [2.05, 4.69) is 10.1 Å². The quantitative estimate of drug-likeness (QED) is 0.779. The standard InChI is InChI=1S/C13H10N2O5/c1-18-6-8-5-10(15-20-8)12-14-9-3-2-7(13(16)17)4-11(9)19-12/h2-5H,6H2,1H3,(H,16,17). The molecule has 3 rings (SSSR count). The summed E-state index contributed by atoms with van der Waals surface area (Å²) in [6.45, 7) is 0.302. The first-order valence-electron chi connectivity index (χ1n) is 5.76. The molecule has 0 unspecified atom stereocenters. The molecule has 1 aromatic carbocycles. The summed E-state index contributed by atoms with van der Waals surface area (Å²) >= 11 is 0. The lowest BCUT2D eigenvalue weighted by molar-refractivity contribution is 0.0697. The van der Waals surface area contributed by atoms with Gasteiger partial charge in [-0.2, -0.15) is 0 Å². The molecule has 0 amide bonds. The second-order valence-electron chi connectivity index (χ2n) is 4.12. The van der Waals surface area contributed by atoms with Crippen LogP contribution in [0.1, 0.15) is 16.1 Å². The zero-order valence-electron chi connectivity index (χ0n) is 10.5. The molecule has 0 fully saturated rings. The average Bonchev–Trinajstić information content (AvgIpc) is 3.03. The highest BCUT2D eigenvalue weighted by atomic mass is 16.5. The molecule has 0 aliphatic carbocycles. The number of ether oxygens (including phenoxy) is 1. The summed E-state index contributed by atoms with van der Waals surface area (Å²) in [5.74, 6) is -0.196. The van der Waals surface area contributed by atoms with Gasteiger partial charge >= 0.3 is 5.97 Å². The van der Waals surface area contributed by atoms with Gasteiger partial charge in [-0.3, -0.25) is 0 Å². The maximum absolute atomic E-state index is 10.9. The third-order valence-corrected chi connectivity index (χ3v) is 2.70. The van der Waals surface area contributed by atoms with E-state index >= 15 is 0 Å². The van der Waals surface area contributed by atoms with Crippen LogP contribution in [0.15, 0.2) is 33.2 Å². The number of nitrogens with zero attached hydrogens (tertiary/aromatic N) is 2. The Hall–Kier alpha value is -2.67. The van der Waals surface area contributed by atoms with Crippen LogP contribution < -0.4 is 0 Å². The molecule has 0 radical (unpaired) electrons. The fourth-order valence-electron chi connectivity index (χ4n) is 1.79. The van der Waals surface area contributed by atoms with Crippen molar-refractivity contribution in [3.05, 3.63) is 35.6 Å². The monoisotopic (exact) mass is 274 g/mol. The number of methoxy groups -OCH3 is 1. The number of aromatic nitrogens is 2. The van der Waals surface area contributed by atoms with Crippen molar-refractivity contribution in [2.75, 3.05) is 7.11 Å². The number of carbonyl (C=O) groups is 1. The molecule has 7 nitrogen and oxygen atoms in total. The molecule has 2 heterocycles. The molecule has 0 aliphatic heterocycles. The van der Waals surface area contributed by atoms with Crippen molar-refractivity contribution in [3.8, 4) is 11.6 Å². The van der Waals surface area contributed by atoms with Crippen molar-refractivity contribution in [2.45, 2.75) is 6.61 Å². The Morgan fingerprint density at radius 2 is 2.25 bits per heavy atom. The van der Waals surface area contributed by atoms with Crippen molar-refractivity contribution in [1.82, 2.24) is 10.1 Å². The Morgan fingerprint density at radius 1 is 1.40 bits per heavy atom. The summed E-state index contributed by atoms with van der Waals surface area (Å²) in [5.41, 5.74) is 1.52. The van der Waals surface area contributed by atoms with E-state index in [9.17, 15) is 4.79 Å². The fraction of sp³-hybridized carbons (Fsp3) is 0.154. The number of carboxylic acid groups (broad SMARTS) is 1. The highest BCUT2D eigenvalue weighted by molar-refractivity contribution is 5.92. The van der Waals surface area contributed by atoms with Crippen LogP contribution in [-0.4, -0.2) is 28.3 Å². The topological polar surface area (TPSA) is 98.6 Å². The van der Waals surface area contributed by atoms with Crippen LogP contribution in [0, 0.1) is 0 Å². The Labute approximate surface area is 112 Å². The Kier molecular flexibility index (Phi) is 2.96. The Bertz CT molecular complexity index is 774. The lowest BCUT2D eigenvalue weighted by Crippen LogP contribution is -1.94. The van der Waals surface area contributed by atoms with Gasteiger partial charge in [0.05, 0.1) is 5.56 Å². The first-order chi connectivity index (χ1) is 9.67. The molecule has 0 bridgehead atoms. The van der Waals surface area contributed by atoms with Gasteiger partial charge in [0.25, 0.3) is 0 Å². The van der Waals surface area contributed by atoms with E-state index in [4.69, 9.17) is 18.8 Å². The minimum atomic E-state index is -1.02. The zero-order chi connectivity index (χ0) is 14.1. The maximum Gasteiger partial charge on any atom is 0.335 e. The third kappa shape index (κ3) is 2.14. The molecule has 102 valence electrons. The predicted octanol–water partition coefficient (Wildman–Crippen LogP) is 2.33. The van der Waals surface area contributed by atoms with Crippen LogP contribution >= 0.6 is 0 Å². The van der Waals surface area contributed by atoms with Gasteiger partial charge < -0.3 is 18.8 Å². The molecule has 0 saturated carbocycles. The van der Waals surface area contributed by atoms with Crippen LogP contribution in [0.4, 0.5) is 0 Å². The molecule has 0 spiro atoms. The summed E-state index contributed by atoms with van der Waals surface area (Å²) in [6.07, 6.45) is 0. The number of hydrogen-bond donors (Lipinski definition) is 1. The number of aromatic carboxylic acids is 1. The molecule has 0 aliphatic rings. The number of hydrogen-bond acceptors (Lipinski definition) is 6. The minimum Gasteiger partial charge on any atom is -0.478 e. The average molecular weight is 274 g/mol. The fourth-order valence-corrected chi connectivity index (χ4v) is 1.79. The van der Waals surface area contributed by atoms with Gasteiger partial charge in [-0.05, 0) is 18.2 Å². The minimum absolute atomic E-state index is 0.139. The SMILES string of the molecule is COCc1cc(-c2nc3ccc(C(=O)O)cc3o2)no1. The lowest BCUT2D eigenvalue weighted by atomic mass is 10.2. The summed E-state index contributed by atoms with van der Waals surface area (Å²) in [7, 11) is 1.55. The molecule has 20 heavy (non-hydrogen) atoms. The molecule has 0 saturated heterocycles. The number of rotatable bonds is 4. The van der Waals surface area contributed by atoms with Crippen LogP contribution in [0.25, 0.3) is 22.7 Å². The zero-order valence-corrected chi connectivity index (χ0v) is 10.5.